The molecule has 6 nitrogen and oxygen atoms in total. The van der Waals surface area contributed by atoms with Gasteiger partial charge in [0.15, 0.2) is 0 Å². The lowest BCUT2D eigenvalue weighted by Crippen LogP contribution is -2.51. The number of amides is 1. The Kier molecular flexibility index (Phi) is 4.67. The molecule has 0 bridgehead atoms. The minimum Gasteiger partial charge on any atom is -0.338 e. The van der Waals surface area contributed by atoms with E-state index in [1.165, 1.54) is 17.7 Å². The summed E-state index contributed by atoms with van der Waals surface area (Å²) in [5.41, 5.74) is 0.822. The summed E-state index contributed by atoms with van der Waals surface area (Å²) < 4.78 is 0. The van der Waals surface area contributed by atoms with Crippen LogP contribution in [-0.2, 0) is 0 Å². The van der Waals surface area contributed by atoms with E-state index in [-0.39, 0.29) is 11.5 Å². The second-order valence-corrected chi connectivity index (χ2v) is 7.86. The van der Waals surface area contributed by atoms with Gasteiger partial charge in [-0.05, 0) is 37.1 Å². The van der Waals surface area contributed by atoms with Gasteiger partial charge >= 0.3 is 0 Å². The van der Waals surface area contributed by atoms with Crippen LogP contribution < -0.4 is 10.9 Å². The van der Waals surface area contributed by atoms with E-state index in [1.807, 2.05) is 22.4 Å². The number of thiophene rings is 1. The molecule has 0 spiro atoms. The number of carbonyl (C=O) groups is 1. The van der Waals surface area contributed by atoms with Gasteiger partial charge in [0.2, 0.25) is 0 Å². The minimum absolute atomic E-state index is 0.0795. The lowest BCUT2D eigenvalue weighted by molar-refractivity contribution is 0.0700. The normalized spacial score (nSPS) is 24.1. The molecule has 2 N–H and O–H groups in total. The molecule has 7 heteroatoms. The fourth-order valence-corrected chi connectivity index (χ4v) is 4.43. The van der Waals surface area contributed by atoms with Gasteiger partial charge in [0.05, 0.1) is 16.9 Å². The van der Waals surface area contributed by atoms with Crippen LogP contribution in [0.1, 0.15) is 47.0 Å². The first-order chi connectivity index (χ1) is 12.2. The molecule has 2 aromatic heterocycles. The number of hydrogen-bond donors (Lipinski definition) is 2. The first-order valence-corrected chi connectivity index (χ1v) is 9.70. The third-order valence-corrected chi connectivity index (χ3v) is 6.10. The van der Waals surface area contributed by atoms with Gasteiger partial charge in [-0.3, -0.25) is 9.59 Å². The Labute approximate surface area is 150 Å². The Balaban J connectivity index is 1.22. The topological polar surface area (TPSA) is 78.1 Å². The van der Waals surface area contributed by atoms with E-state index in [1.54, 1.807) is 6.07 Å². The quantitative estimate of drug-likeness (QED) is 0.876. The van der Waals surface area contributed by atoms with Crippen LogP contribution in [0.4, 0.5) is 0 Å². The Morgan fingerprint density at radius 1 is 1.28 bits per heavy atom. The number of rotatable bonds is 4. The highest BCUT2D eigenvalue weighted by molar-refractivity contribution is 7.12. The smallest absolute Gasteiger partial charge is 0.263 e. The van der Waals surface area contributed by atoms with Crippen molar-refractivity contribution in [2.24, 2.45) is 0 Å². The predicted octanol–water partition coefficient (Wildman–Crippen LogP) is 1.97. The largest absolute Gasteiger partial charge is 0.338 e. The predicted molar refractivity (Wildman–Crippen MR) is 97.0 cm³/mol. The van der Waals surface area contributed by atoms with Crippen molar-refractivity contribution < 1.29 is 4.79 Å². The van der Waals surface area contributed by atoms with E-state index < -0.39 is 0 Å². The van der Waals surface area contributed by atoms with Crippen molar-refractivity contribution in [1.29, 1.82) is 0 Å². The molecule has 1 aliphatic carbocycles. The zero-order valence-corrected chi connectivity index (χ0v) is 14.8. The van der Waals surface area contributed by atoms with Crippen molar-refractivity contribution in [3.63, 3.8) is 0 Å². The fourth-order valence-electron chi connectivity index (χ4n) is 3.74. The molecule has 2 fully saturated rings. The Morgan fingerprint density at radius 3 is 2.76 bits per heavy atom. The van der Waals surface area contributed by atoms with Crippen LogP contribution in [-0.4, -0.2) is 45.9 Å². The molecule has 1 saturated heterocycles. The van der Waals surface area contributed by atoms with Gasteiger partial charge in [-0.1, -0.05) is 6.07 Å². The molecule has 0 aromatic carbocycles. The van der Waals surface area contributed by atoms with Gasteiger partial charge in [-0.15, -0.1) is 11.3 Å². The van der Waals surface area contributed by atoms with E-state index in [2.05, 4.69) is 15.3 Å². The monoisotopic (exact) mass is 358 g/mol. The van der Waals surface area contributed by atoms with E-state index in [0.717, 1.165) is 49.3 Å². The molecule has 4 rings (SSSR count). The van der Waals surface area contributed by atoms with Crippen molar-refractivity contribution >= 4 is 17.2 Å². The van der Waals surface area contributed by atoms with Crippen molar-refractivity contribution in [2.75, 3.05) is 13.1 Å². The number of hydrogen-bond acceptors (Lipinski definition) is 5. The molecule has 2 aliphatic rings. The van der Waals surface area contributed by atoms with Gasteiger partial charge in [-0.2, -0.15) is 0 Å². The highest BCUT2D eigenvalue weighted by Crippen LogP contribution is 2.36. The minimum atomic E-state index is -0.0795. The number of nitrogens with zero attached hydrogens (tertiary/aromatic N) is 2. The van der Waals surface area contributed by atoms with Gasteiger partial charge in [0, 0.05) is 37.2 Å². The summed E-state index contributed by atoms with van der Waals surface area (Å²) in [6, 6.07) is 6.40. The number of carbonyl (C=O) groups excluding carboxylic acids is 1. The molecule has 3 heterocycles. The first-order valence-electron chi connectivity index (χ1n) is 8.82. The summed E-state index contributed by atoms with van der Waals surface area (Å²) in [7, 11) is 0. The second-order valence-electron chi connectivity index (χ2n) is 6.91. The van der Waals surface area contributed by atoms with E-state index >= 15 is 0 Å². The fraction of sp³-hybridized carbons (Fsp3) is 0.500. The van der Waals surface area contributed by atoms with Crippen LogP contribution in [0.3, 0.4) is 0 Å². The zero-order valence-electron chi connectivity index (χ0n) is 14.0. The number of likely N-dealkylation sites (tertiary alicyclic amines) is 1. The summed E-state index contributed by atoms with van der Waals surface area (Å²) in [5.74, 6) is 0.554. The number of piperidine rings is 1. The lowest BCUT2D eigenvalue weighted by atomic mass is 9.77. The Hall–Kier alpha value is -1.99. The summed E-state index contributed by atoms with van der Waals surface area (Å²) in [6.07, 6.45) is 5.55. The van der Waals surface area contributed by atoms with Crippen molar-refractivity contribution in [3.8, 4) is 0 Å². The van der Waals surface area contributed by atoms with Crippen LogP contribution in [0.5, 0.6) is 0 Å². The summed E-state index contributed by atoms with van der Waals surface area (Å²) in [6.45, 7) is 1.64. The van der Waals surface area contributed by atoms with Crippen LogP contribution in [0.15, 0.2) is 34.7 Å². The van der Waals surface area contributed by atoms with Crippen LogP contribution >= 0.6 is 11.3 Å². The molecule has 1 amide bonds. The molecule has 0 unspecified atom stereocenters. The molecule has 1 saturated carbocycles. The molecule has 25 heavy (non-hydrogen) atoms. The third-order valence-electron chi connectivity index (χ3n) is 5.24. The number of H-pyrrole nitrogens is 1. The molecule has 0 atom stereocenters. The Bertz CT molecular complexity index is 774. The van der Waals surface area contributed by atoms with Gasteiger partial charge in [-0.25, -0.2) is 4.98 Å². The molecular formula is C18H22N4O2S. The molecule has 132 valence electrons. The molecule has 2 aromatic rings. The van der Waals surface area contributed by atoms with Crippen LogP contribution in [0.2, 0.25) is 0 Å². The summed E-state index contributed by atoms with van der Waals surface area (Å²) >= 11 is 1.51. The van der Waals surface area contributed by atoms with Crippen molar-refractivity contribution in [1.82, 2.24) is 20.2 Å². The lowest BCUT2D eigenvalue weighted by Gasteiger charge is -2.40. The summed E-state index contributed by atoms with van der Waals surface area (Å²) in [5, 5.41) is 5.66. The average molecular weight is 358 g/mol. The standard InChI is InChI=1S/C18H22N4O2S/c23-17-10-15(19-11-20-17)12-8-14(9-12)21-13-3-5-22(6-4-13)18(24)16-2-1-7-25-16/h1-2,7,10-14,21H,3-6,8-9H2,(H,19,20,23). The SMILES string of the molecule is O=C(c1cccs1)N1CCC(NC2CC(c3cc(=O)[nH]cn3)C2)CC1. The van der Waals surface area contributed by atoms with Gasteiger partial charge < -0.3 is 15.2 Å². The van der Waals surface area contributed by atoms with Gasteiger partial charge in [0.1, 0.15) is 0 Å². The number of aromatic amines is 1. The number of nitrogens with one attached hydrogen (secondary N) is 2. The van der Waals surface area contributed by atoms with E-state index in [0.29, 0.717) is 18.0 Å². The highest BCUT2D eigenvalue weighted by Gasteiger charge is 2.34. The molecular weight excluding hydrogens is 336 g/mol. The maximum atomic E-state index is 12.4. The maximum absolute atomic E-state index is 12.4. The van der Waals surface area contributed by atoms with Crippen molar-refractivity contribution in [3.05, 3.63) is 50.8 Å². The maximum Gasteiger partial charge on any atom is 0.263 e. The van der Waals surface area contributed by atoms with E-state index in [9.17, 15) is 9.59 Å². The zero-order chi connectivity index (χ0) is 17.2. The second kappa shape index (κ2) is 7.09. The van der Waals surface area contributed by atoms with Gasteiger partial charge in [0.25, 0.3) is 11.5 Å². The molecule has 1 aliphatic heterocycles. The highest BCUT2D eigenvalue weighted by atomic mass is 32.1. The molecule has 0 radical (unpaired) electrons. The number of aromatic nitrogens is 2. The third kappa shape index (κ3) is 3.67. The summed E-state index contributed by atoms with van der Waals surface area (Å²) in [4.78, 5) is 33.4. The van der Waals surface area contributed by atoms with Crippen molar-refractivity contribution in [2.45, 2.75) is 43.7 Å². The average Bonchev–Trinajstić information content (AvgIpc) is 3.12. The van der Waals surface area contributed by atoms with Crippen LogP contribution in [0.25, 0.3) is 0 Å². The first kappa shape index (κ1) is 16.5. The van der Waals surface area contributed by atoms with E-state index in [4.69, 9.17) is 0 Å². The van der Waals surface area contributed by atoms with Crippen LogP contribution in [0, 0.1) is 0 Å². The Morgan fingerprint density at radius 2 is 2.08 bits per heavy atom.